The molecule has 0 radical (unpaired) electrons. The second kappa shape index (κ2) is 7.54. The first kappa shape index (κ1) is 16.8. The van der Waals surface area contributed by atoms with E-state index in [4.69, 9.17) is 0 Å². The molecule has 112 valence electrons. The number of thioether (sulfide) groups is 1. The first-order valence-electron chi connectivity index (χ1n) is 6.20. The zero-order valence-electron chi connectivity index (χ0n) is 11.3. The van der Waals surface area contributed by atoms with Crippen molar-refractivity contribution in [2.24, 2.45) is 5.92 Å². The smallest absolute Gasteiger partial charge is 0.325 e. The monoisotopic (exact) mass is 306 g/mol. The topological polar surface area (TPSA) is 41.1 Å². The molecule has 3 nitrogen and oxygen atoms in total. The van der Waals surface area contributed by atoms with E-state index in [0.29, 0.717) is 6.54 Å². The van der Waals surface area contributed by atoms with Crippen molar-refractivity contribution in [2.45, 2.75) is 24.3 Å². The summed E-state index contributed by atoms with van der Waals surface area (Å²) in [5.41, 5.74) is -4.20. The van der Waals surface area contributed by atoms with Crippen molar-refractivity contribution in [2.75, 3.05) is 18.4 Å². The Labute approximate surface area is 120 Å². The molecule has 1 amide bonds. The summed E-state index contributed by atoms with van der Waals surface area (Å²) in [6.45, 7) is 4.85. The van der Waals surface area contributed by atoms with Gasteiger partial charge in [0, 0.05) is 17.4 Å². The molecular formula is C13H17F3N2OS. The van der Waals surface area contributed by atoms with Gasteiger partial charge in [0.05, 0.1) is 5.69 Å². The Kier molecular flexibility index (Phi) is 6.35. The Hall–Kier alpha value is -1.21. The van der Waals surface area contributed by atoms with E-state index in [1.807, 2.05) is 6.92 Å². The van der Waals surface area contributed by atoms with Gasteiger partial charge < -0.3 is 10.6 Å². The van der Waals surface area contributed by atoms with Crippen LogP contribution < -0.4 is 10.6 Å². The lowest BCUT2D eigenvalue weighted by Gasteiger charge is -2.15. The largest absolute Gasteiger partial charge is 0.446 e. The molecule has 1 rings (SSSR count). The first-order chi connectivity index (χ1) is 9.33. The fourth-order valence-corrected chi connectivity index (χ4v) is 2.12. The number of alkyl halides is 3. The number of amides is 1. The van der Waals surface area contributed by atoms with E-state index in [9.17, 15) is 18.0 Å². The van der Waals surface area contributed by atoms with Crippen LogP contribution in [0.25, 0.3) is 0 Å². The number of para-hydroxylation sites is 1. The van der Waals surface area contributed by atoms with Gasteiger partial charge in [0.15, 0.2) is 0 Å². The van der Waals surface area contributed by atoms with Gasteiger partial charge in [-0.3, -0.25) is 4.79 Å². The van der Waals surface area contributed by atoms with E-state index < -0.39 is 5.51 Å². The van der Waals surface area contributed by atoms with Crippen LogP contribution in [0.2, 0.25) is 0 Å². The molecule has 0 aliphatic rings. The van der Waals surface area contributed by atoms with E-state index in [1.165, 1.54) is 18.2 Å². The third-order valence-corrected chi connectivity index (χ3v) is 3.33. The molecule has 0 aromatic heterocycles. The number of benzene rings is 1. The maximum Gasteiger partial charge on any atom is 0.446 e. The van der Waals surface area contributed by atoms with Crippen LogP contribution in [0.4, 0.5) is 18.9 Å². The summed E-state index contributed by atoms with van der Waals surface area (Å²) in [5.74, 6) is -0.625. The SMILES string of the molecule is CCNCC(C)C(=O)Nc1ccccc1SC(F)(F)F. The van der Waals surface area contributed by atoms with Gasteiger partial charge in [0.1, 0.15) is 0 Å². The Morgan fingerprint density at radius 3 is 2.60 bits per heavy atom. The molecule has 20 heavy (non-hydrogen) atoms. The number of hydrogen-bond donors (Lipinski definition) is 2. The van der Waals surface area contributed by atoms with Gasteiger partial charge in [0.2, 0.25) is 5.91 Å². The van der Waals surface area contributed by atoms with E-state index >= 15 is 0 Å². The van der Waals surface area contributed by atoms with Crippen LogP contribution in [0, 0.1) is 5.92 Å². The van der Waals surface area contributed by atoms with Gasteiger partial charge in [-0.25, -0.2) is 0 Å². The number of anilines is 1. The van der Waals surface area contributed by atoms with Crippen molar-refractivity contribution >= 4 is 23.4 Å². The van der Waals surface area contributed by atoms with Gasteiger partial charge in [-0.05, 0) is 30.4 Å². The Morgan fingerprint density at radius 2 is 2.00 bits per heavy atom. The number of hydrogen-bond acceptors (Lipinski definition) is 3. The van der Waals surface area contributed by atoms with Crippen molar-refractivity contribution in [3.05, 3.63) is 24.3 Å². The van der Waals surface area contributed by atoms with Crippen molar-refractivity contribution in [3.8, 4) is 0 Å². The molecule has 0 saturated heterocycles. The van der Waals surface area contributed by atoms with Gasteiger partial charge >= 0.3 is 5.51 Å². The fourth-order valence-electron chi connectivity index (χ4n) is 1.49. The summed E-state index contributed by atoms with van der Waals surface area (Å²) in [4.78, 5) is 11.9. The van der Waals surface area contributed by atoms with E-state index in [0.717, 1.165) is 6.54 Å². The van der Waals surface area contributed by atoms with Gasteiger partial charge in [-0.2, -0.15) is 13.2 Å². The summed E-state index contributed by atoms with van der Waals surface area (Å²) in [7, 11) is 0. The molecule has 1 atom stereocenters. The molecular weight excluding hydrogens is 289 g/mol. The highest BCUT2D eigenvalue weighted by Crippen LogP contribution is 2.40. The predicted molar refractivity (Wildman–Crippen MR) is 74.7 cm³/mol. The lowest BCUT2D eigenvalue weighted by atomic mass is 10.1. The number of rotatable bonds is 6. The predicted octanol–water partition coefficient (Wildman–Crippen LogP) is 3.48. The molecule has 0 fully saturated rings. The molecule has 0 aliphatic carbocycles. The van der Waals surface area contributed by atoms with E-state index in [1.54, 1.807) is 13.0 Å². The first-order valence-corrected chi connectivity index (χ1v) is 7.01. The highest BCUT2D eigenvalue weighted by Gasteiger charge is 2.30. The van der Waals surface area contributed by atoms with Crippen LogP contribution in [0.1, 0.15) is 13.8 Å². The van der Waals surface area contributed by atoms with Crippen LogP contribution in [0.3, 0.4) is 0 Å². The third kappa shape index (κ3) is 5.83. The van der Waals surface area contributed by atoms with Crippen LogP contribution in [-0.2, 0) is 4.79 Å². The molecule has 0 aliphatic heterocycles. The average molecular weight is 306 g/mol. The van der Waals surface area contributed by atoms with Crippen molar-refractivity contribution in [3.63, 3.8) is 0 Å². The summed E-state index contributed by atoms with van der Waals surface area (Å²) in [6, 6.07) is 5.89. The maximum atomic E-state index is 12.4. The van der Waals surface area contributed by atoms with Crippen molar-refractivity contribution in [1.29, 1.82) is 0 Å². The minimum absolute atomic E-state index is 0.0102. The molecule has 1 aromatic rings. The third-order valence-electron chi connectivity index (χ3n) is 2.52. The number of carbonyl (C=O) groups excluding carboxylic acids is 1. The van der Waals surface area contributed by atoms with Gasteiger partial charge in [0.25, 0.3) is 0 Å². The minimum atomic E-state index is -4.38. The Balaban J connectivity index is 2.74. The molecule has 0 saturated carbocycles. The highest BCUT2D eigenvalue weighted by molar-refractivity contribution is 8.00. The molecule has 1 unspecified atom stereocenters. The number of halogens is 3. The fraction of sp³-hybridized carbons (Fsp3) is 0.462. The van der Waals surface area contributed by atoms with Crippen molar-refractivity contribution in [1.82, 2.24) is 5.32 Å². The quantitative estimate of drug-likeness (QED) is 0.791. The standard InChI is InChI=1S/C13H17F3N2OS/c1-3-17-8-9(2)12(19)18-10-6-4-5-7-11(10)20-13(14,15)16/h4-7,9,17H,3,8H2,1-2H3,(H,18,19). The lowest BCUT2D eigenvalue weighted by molar-refractivity contribution is -0.119. The number of nitrogens with one attached hydrogen (secondary N) is 2. The summed E-state index contributed by atoms with van der Waals surface area (Å²) >= 11 is -0.231. The van der Waals surface area contributed by atoms with Gasteiger partial charge in [-0.15, -0.1) is 0 Å². The van der Waals surface area contributed by atoms with Crippen LogP contribution in [0.15, 0.2) is 29.2 Å². The average Bonchev–Trinajstić information content (AvgIpc) is 2.36. The lowest BCUT2D eigenvalue weighted by Crippen LogP contribution is -2.30. The molecule has 7 heteroatoms. The second-order valence-electron chi connectivity index (χ2n) is 4.24. The highest BCUT2D eigenvalue weighted by atomic mass is 32.2. The second-order valence-corrected chi connectivity index (χ2v) is 5.35. The summed E-state index contributed by atoms with van der Waals surface area (Å²) in [6.07, 6.45) is 0. The Morgan fingerprint density at radius 1 is 1.35 bits per heavy atom. The molecule has 0 bridgehead atoms. The molecule has 1 aromatic carbocycles. The summed E-state index contributed by atoms with van der Waals surface area (Å²) < 4.78 is 37.3. The van der Waals surface area contributed by atoms with Crippen molar-refractivity contribution < 1.29 is 18.0 Å². The van der Waals surface area contributed by atoms with Gasteiger partial charge in [-0.1, -0.05) is 26.0 Å². The van der Waals surface area contributed by atoms with Crippen LogP contribution in [0.5, 0.6) is 0 Å². The normalized spacial score (nSPS) is 13.1. The minimum Gasteiger partial charge on any atom is -0.325 e. The summed E-state index contributed by atoms with van der Waals surface area (Å²) in [5, 5.41) is 5.56. The van der Waals surface area contributed by atoms with E-state index in [-0.39, 0.29) is 34.2 Å². The Bertz CT molecular complexity index is 451. The zero-order chi connectivity index (χ0) is 15.2. The molecule has 2 N–H and O–H groups in total. The molecule has 0 heterocycles. The molecule has 0 spiro atoms. The van der Waals surface area contributed by atoms with E-state index in [2.05, 4.69) is 10.6 Å². The maximum absolute atomic E-state index is 12.4. The van der Waals surface area contributed by atoms with Crippen LogP contribution >= 0.6 is 11.8 Å². The van der Waals surface area contributed by atoms with Crippen LogP contribution in [-0.4, -0.2) is 24.5 Å². The number of carbonyl (C=O) groups is 1. The zero-order valence-corrected chi connectivity index (χ0v) is 12.1.